The first-order valence-electron chi connectivity index (χ1n) is 9.31. The quantitative estimate of drug-likeness (QED) is 0.585. The van der Waals surface area contributed by atoms with Crippen LogP contribution in [0.1, 0.15) is 59.9 Å². The van der Waals surface area contributed by atoms with Gasteiger partial charge in [0.05, 0.1) is 0 Å². The molecule has 0 unspecified atom stereocenters. The number of nitrogens with one attached hydrogen (secondary N) is 1. The minimum atomic E-state index is 0.229. The van der Waals surface area contributed by atoms with Gasteiger partial charge in [0, 0.05) is 23.4 Å². The summed E-state index contributed by atoms with van der Waals surface area (Å²) >= 11 is 2.03. The first-order chi connectivity index (χ1) is 11.2. The van der Waals surface area contributed by atoms with E-state index in [4.69, 9.17) is 0 Å². The van der Waals surface area contributed by atoms with Gasteiger partial charge in [0.15, 0.2) is 0 Å². The van der Waals surface area contributed by atoms with E-state index in [2.05, 4.69) is 82.1 Å². The first-order valence-corrected chi connectivity index (χ1v) is 10.5. The Balaban J connectivity index is 2.05. The lowest BCUT2D eigenvalue weighted by molar-refractivity contribution is 0.0375. The summed E-state index contributed by atoms with van der Waals surface area (Å²) in [6.45, 7) is 17.3. The minimum absolute atomic E-state index is 0.229. The monoisotopic (exact) mass is 350 g/mol. The molecule has 0 aliphatic heterocycles. The fraction of sp³-hybridized carbons (Fsp3) is 0.714. The molecule has 138 valence electrons. The Morgan fingerprint density at radius 3 is 2.04 bits per heavy atom. The Bertz CT molecular complexity index is 417. The number of hydrogen-bond acceptors (Lipinski definition) is 3. The highest BCUT2D eigenvalue weighted by Crippen LogP contribution is 2.24. The van der Waals surface area contributed by atoms with Crippen molar-refractivity contribution in [3.63, 3.8) is 0 Å². The van der Waals surface area contributed by atoms with Gasteiger partial charge < -0.3 is 5.32 Å². The zero-order chi connectivity index (χ0) is 18.1. The van der Waals surface area contributed by atoms with Gasteiger partial charge in [0.2, 0.25) is 0 Å². The van der Waals surface area contributed by atoms with Crippen LogP contribution in [0, 0.1) is 0 Å². The maximum Gasteiger partial charge on any atom is 0.0184 e. The molecule has 3 heteroatoms. The van der Waals surface area contributed by atoms with Gasteiger partial charge in [-0.25, -0.2) is 0 Å². The van der Waals surface area contributed by atoms with Crippen LogP contribution in [0.4, 0.5) is 0 Å². The van der Waals surface area contributed by atoms with Crippen LogP contribution in [-0.4, -0.2) is 41.4 Å². The summed E-state index contributed by atoms with van der Waals surface area (Å²) in [7, 11) is 0. The third-order valence-electron chi connectivity index (χ3n) is 4.11. The van der Waals surface area contributed by atoms with Gasteiger partial charge in [-0.1, -0.05) is 30.3 Å². The van der Waals surface area contributed by atoms with Gasteiger partial charge >= 0.3 is 0 Å². The molecule has 0 heterocycles. The molecule has 1 aromatic rings. The molecule has 1 aromatic carbocycles. The molecule has 0 saturated carbocycles. The first kappa shape index (κ1) is 21.5. The van der Waals surface area contributed by atoms with Gasteiger partial charge in [-0.05, 0) is 78.8 Å². The lowest BCUT2D eigenvalue weighted by atomic mass is 9.95. The van der Waals surface area contributed by atoms with Gasteiger partial charge in [0.1, 0.15) is 0 Å². The summed E-state index contributed by atoms with van der Waals surface area (Å²) in [6, 6.07) is 10.7. The number of hydrogen-bond donors (Lipinski definition) is 1. The van der Waals surface area contributed by atoms with Crippen molar-refractivity contribution >= 4 is 11.8 Å². The molecule has 0 aliphatic carbocycles. The summed E-state index contributed by atoms with van der Waals surface area (Å²) in [5.41, 5.74) is 1.89. The Morgan fingerprint density at radius 1 is 0.875 bits per heavy atom. The second-order valence-electron chi connectivity index (χ2n) is 8.49. The normalized spacial score (nSPS) is 12.8. The molecule has 2 nitrogen and oxygen atoms in total. The Labute approximate surface area is 154 Å². The number of benzene rings is 1. The maximum absolute atomic E-state index is 3.60. The van der Waals surface area contributed by atoms with Crippen molar-refractivity contribution in [2.75, 3.05) is 25.4 Å². The number of nitrogens with zero attached hydrogens (tertiary/aromatic N) is 1. The van der Waals surface area contributed by atoms with Crippen LogP contribution in [0.5, 0.6) is 0 Å². The van der Waals surface area contributed by atoms with Crippen LogP contribution >= 0.6 is 11.8 Å². The van der Waals surface area contributed by atoms with E-state index >= 15 is 0 Å². The van der Waals surface area contributed by atoms with Gasteiger partial charge in [0.25, 0.3) is 0 Å². The molecular formula is C21H38N2S. The standard InChI is InChI=1S/C21H38N2S/c1-20(2,3)23(21(4,5)6)16-10-14-22-15-11-17-24-18-19-12-8-7-9-13-19/h7-9,12-13,22H,10-11,14-18H2,1-6H3. The van der Waals surface area contributed by atoms with Crippen LogP contribution in [0.15, 0.2) is 30.3 Å². The van der Waals surface area contributed by atoms with Gasteiger partial charge in [-0.15, -0.1) is 0 Å². The molecule has 0 amide bonds. The molecule has 0 atom stereocenters. The highest BCUT2D eigenvalue weighted by molar-refractivity contribution is 7.98. The van der Waals surface area contributed by atoms with Crippen molar-refractivity contribution in [3.8, 4) is 0 Å². The summed E-state index contributed by atoms with van der Waals surface area (Å²) in [6.07, 6.45) is 2.46. The predicted molar refractivity (Wildman–Crippen MR) is 111 cm³/mol. The summed E-state index contributed by atoms with van der Waals surface area (Å²) in [4.78, 5) is 2.61. The molecule has 1 rings (SSSR count). The molecule has 0 fully saturated rings. The average Bonchev–Trinajstić information content (AvgIpc) is 2.47. The third kappa shape index (κ3) is 9.10. The maximum atomic E-state index is 3.60. The third-order valence-corrected chi connectivity index (χ3v) is 5.22. The van der Waals surface area contributed by atoms with Crippen molar-refractivity contribution in [1.29, 1.82) is 0 Å². The van der Waals surface area contributed by atoms with Crippen LogP contribution in [0.25, 0.3) is 0 Å². The molecule has 0 aromatic heterocycles. The highest BCUT2D eigenvalue weighted by atomic mass is 32.2. The van der Waals surface area contributed by atoms with E-state index in [9.17, 15) is 0 Å². The van der Waals surface area contributed by atoms with Crippen LogP contribution in [0.2, 0.25) is 0 Å². The molecule has 0 spiro atoms. The lowest BCUT2D eigenvalue weighted by Gasteiger charge is -2.45. The molecule has 24 heavy (non-hydrogen) atoms. The Kier molecular flexibility index (Phi) is 9.40. The zero-order valence-corrected chi connectivity index (χ0v) is 17.5. The fourth-order valence-electron chi connectivity index (χ4n) is 3.23. The lowest BCUT2D eigenvalue weighted by Crippen LogP contribution is -2.53. The Morgan fingerprint density at radius 2 is 1.46 bits per heavy atom. The van der Waals surface area contributed by atoms with E-state index in [-0.39, 0.29) is 11.1 Å². The molecular weight excluding hydrogens is 312 g/mol. The van der Waals surface area contributed by atoms with Crippen molar-refractivity contribution in [2.45, 2.75) is 71.2 Å². The number of rotatable bonds is 10. The second kappa shape index (κ2) is 10.5. The SMILES string of the molecule is CC(C)(C)N(CCCNCCCSCc1ccccc1)C(C)(C)C. The summed E-state index contributed by atoms with van der Waals surface area (Å²) in [5, 5.41) is 3.60. The predicted octanol–water partition coefficient (Wildman–Crippen LogP) is 5.19. The van der Waals surface area contributed by atoms with Crippen LogP contribution in [0.3, 0.4) is 0 Å². The smallest absolute Gasteiger partial charge is 0.0184 e. The molecule has 0 saturated heterocycles. The van der Waals surface area contributed by atoms with Crippen molar-refractivity contribution in [2.24, 2.45) is 0 Å². The minimum Gasteiger partial charge on any atom is -0.317 e. The number of thioether (sulfide) groups is 1. The van der Waals surface area contributed by atoms with Gasteiger partial charge in [-0.2, -0.15) is 11.8 Å². The van der Waals surface area contributed by atoms with E-state index in [0.717, 1.165) is 25.4 Å². The van der Waals surface area contributed by atoms with Crippen molar-refractivity contribution < 1.29 is 0 Å². The van der Waals surface area contributed by atoms with E-state index in [1.54, 1.807) is 0 Å². The van der Waals surface area contributed by atoms with Gasteiger partial charge in [-0.3, -0.25) is 4.90 Å². The van der Waals surface area contributed by atoms with Crippen molar-refractivity contribution in [3.05, 3.63) is 35.9 Å². The molecule has 0 bridgehead atoms. The van der Waals surface area contributed by atoms with E-state index in [1.165, 1.54) is 24.2 Å². The molecule has 0 radical (unpaired) electrons. The molecule has 0 aliphatic rings. The van der Waals surface area contributed by atoms with E-state index < -0.39 is 0 Å². The van der Waals surface area contributed by atoms with Crippen molar-refractivity contribution in [1.82, 2.24) is 10.2 Å². The Hall–Kier alpha value is -0.510. The highest BCUT2D eigenvalue weighted by Gasteiger charge is 2.30. The topological polar surface area (TPSA) is 15.3 Å². The average molecular weight is 351 g/mol. The summed E-state index contributed by atoms with van der Waals surface area (Å²) in [5.74, 6) is 2.37. The zero-order valence-electron chi connectivity index (χ0n) is 16.7. The largest absolute Gasteiger partial charge is 0.317 e. The molecule has 1 N–H and O–H groups in total. The van der Waals surface area contributed by atoms with Crippen LogP contribution in [-0.2, 0) is 5.75 Å². The van der Waals surface area contributed by atoms with E-state index in [0.29, 0.717) is 0 Å². The van der Waals surface area contributed by atoms with Crippen LogP contribution < -0.4 is 5.32 Å². The fourth-order valence-corrected chi connectivity index (χ4v) is 4.15. The summed E-state index contributed by atoms with van der Waals surface area (Å²) < 4.78 is 0. The van der Waals surface area contributed by atoms with E-state index in [1.807, 2.05) is 11.8 Å². The second-order valence-corrected chi connectivity index (χ2v) is 9.59.